The zero-order valence-corrected chi connectivity index (χ0v) is 17.4. The van der Waals surface area contributed by atoms with Crippen molar-refractivity contribution < 1.29 is 28.6 Å². The summed E-state index contributed by atoms with van der Waals surface area (Å²) in [6.07, 6.45) is 2.85. The van der Waals surface area contributed by atoms with E-state index in [1.165, 1.54) is 17.0 Å². The highest BCUT2D eigenvalue weighted by molar-refractivity contribution is 6.00. The van der Waals surface area contributed by atoms with Crippen LogP contribution in [0.15, 0.2) is 42.5 Å². The number of phenols is 2. The molecule has 2 aliphatic rings. The van der Waals surface area contributed by atoms with Gasteiger partial charge in [0.2, 0.25) is 5.91 Å². The standard InChI is InChI=1S/C23H23F2N3O4/c1-14-8-16(20(30)9-19(14)29)22(32)28-10-15-4-2-5-18(17(15)11-28)26-21(31)6-3-7-27-12-23(24,25)13-27/h2-6,8-9,29-30H,7,10-13H2,1H3,(H,26,31)/b6-3+. The van der Waals surface area contributed by atoms with Gasteiger partial charge in [-0.2, -0.15) is 0 Å². The zero-order chi connectivity index (χ0) is 23.0. The molecule has 0 spiro atoms. The summed E-state index contributed by atoms with van der Waals surface area (Å²) in [4.78, 5) is 28.3. The van der Waals surface area contributed by atoms with E-state index in [9.17, 15) is 28.6 Å². The van der Waals surface area contributed by atoms with Gasteiger partial charge < -0.3 is 20.4 Å². The van der Waals surface area contributed by atoms with E-state index >= 15 is 0 Å². The highest BCUT2D eigenvalue weighted by Gasteiger charge is 2.42. The van der Waals surface area contributed by atoms with Crippen molar-refractivity contribution in [1.29, 1.82) is 0 Å². The number of carbonyl (C=O) groups excluding carboxylic acids is 2. The molecule has 2 heterocycles. The second-order valence-electron chi connectivity index (χ2n) is 8.18. The predicted molar refractivity (Wildman–Crippen MR) is 114 cm³/mol. The number of hydrogen-bond acceptors (Lipinski definition) is 5. The van der Waals surface area contributed by atoms with Crippen LogP contribution in [0.2, 0.25) is 0 Å². The van der Waals surface area contributed by atoms with Gasteiger partial charge in [-0.1, -0.05) is 18.2 Å². The van der Waals surface area contributed by atoms with Crippen LogP contribution in [0.1, 0.15) is 27.0 Å². The fourth-order valence-corrected chi connectivity index (χ4v) is 3.93. The molecule has 1 saturated heterocycles. The molecular formula is C23H23F2N3O4. The van der Waals surface area contributed by atoms with E-state index in [1.54, 1.807) is 30.0 Å². The van der Waals surface area contributed by atoms with Crippen LogP contribution < -0.4 is 5.32 Å². The minimum absolute atomic E-state index is 0.0929. The van der Waals surface area contributed by atoms with Gasteiger partial charge in [-0.3, -0.25) is 14.5 Å². The number of alkyl halides is 2. The van der Waals surface area contributed by atoms with Crippen LogP contribution in [0.3, 0.4) is 0 Å². The highest BCUT2D eigenvalue weighted by Crippen LogP contribution is 2.33. The van der Waals surface area contributed by atoms with E-state index in [2.05, 4.69) is 5.32 Å². The number of halogens is 2. The number of phenolic OH excluding ortho intramolecular Hbond substituents is 2. The smallest absolute Gasteiger partial charge is 0.272 e. The van der Waals surface area contributed by atoms with E-state index in [-0.39, 0.29) is 55.1 Å². The van der Waals surface area contributed by atoms with Gasteiger partial charge in [0, 0.05) is 43.0 Å². The molecule has 9 heteroatoms. The number of amides is 2. The number of benzene rings is 2. The van der Waals surface area contributed by atoms with Crippen LogP contribution in [-0.2, 0) is 17.9 Å². The number of fused-ring (bicyclic) bond motifs is 1. The summed E-state index contributed by atoms with van der Waals surface area (Å²) in [6.45, 7) is 1.87. The number of aromatic hydroxyl groups is 2. The molecule has 0 aromatic heterocycles. The minimum Gasteiger partial charge on any atom is -0.508 e. The van der Waals surface area contributed by atoms with Crippen molar-refractivity contribution in [1.82, 2.24) is 9.80 Å². The molecule has 3 N–H and O–H groups in total. The van der Waals surface area contributed by atoms with Gasteiger partial charge in [0.05, 0.1) is 18.7 Å². The number of carbonyl (C=O) groups is 2. The van der Waals surface area contributed by atoms with Gasteiger partial charge in [-0.05, 0) is 30.2 Å². The molecule has 2 aromatic rings. The topological polar surface area (TPSA) is 93.1 Å². The molecular weight excluding hydrogens is 420 g/mol. The summed E-state index contributed by atoms with van der Waals surface area (Å²) in [7, 11) is 0. The van der Waals surface area contributed by atoms with Gasteiger partial charge in [0.15, 0.2) is 0 Å². The first-order valence-electron chi connectivity index (χ1n) is 10.1. The average Bonchev–Trinajstić information content (AvgIpc) is 3.14. The second-order valence-corrected chi connectivity index (χ2v) is 8.18. The fraction of sp³-hybridized carbons (Fsp3) is 0.304. The third kappa shape index (κ3) is 4.43. The first kappa shape index (κ1) is 21.8. The van der Waals surface area contributed by atoms with Gasteiger partial charge in [-0.25, -0.2) is 8.78 Å². The number of hydrogen-bond donors (Lipinski definition) is 3. The molecule has 4 rings (SSSR count). The van der Waals surface area contributed by atoms with Crippen LogP contribution in [-0.4, -0.2) is 57.4 Å². The quantitative estimate of drug-likeness (QED) is 0.618. The van der Waals surface area contributed by atoms with Crippen molar-refractivity contribution in [3.63, 3.8) is 0 Å². The molecule has 2 amide bonds. The summed E-state index contributed by atoms with van der Waals surface area (Å²) >= 11 is 0. The maximum absolute atomic E-state index is 12.9. The molecule has 0 aliphatic carbocycles. The Morgan fingerprint density at radius 3 is 2.62 bits per heavy atom. The molecule has 2 aliphatic heterocycles. The molecule has 1 fully saturated rings. The fourth-order valence-electron chi connectivity index (χ4n) is 3.93. The number of anilines is 1. The number of rotatable bonds is 5. The maximum Gasteiger partial charge on any atom is 0.272 e. The van der Waals surface area contributed by atoms with Crippen molar-refractivity contribution >= 4 is 17.5 Å². The first-order chi connectivity index (χ1) is 15.1. The van der Waals surface area contributed by atoms with Crippen LogP contribution in [0.25, 0.3) is 0 Å². The second kappa shape index (κ2) is 8.23. The average molecular weight is 443 g/mol. The van der Waals surface area contributed by atoms with E-state index in [1.807, 2.05) is 6.07 Å². The Labute approximate surface area is 183 Å². The molecule has 7 nitrogen and oxygen atoms in total. The van der Waals surface area contributed by atoms with Crippen molar-refractivity contribution in [3.8, 4) is 11.5 Å². The van der Waals surface area contributed by atoms with E-state index in [0.717, 1.165) is 17.2 Å². The van der Waals surface area contributed by atoms with Crippen molar-refractivity contribution in [2.45, 2.75) is 25.9 Å². The lowest BCUT2D eigenvalue weighted by Gasteiger charge is -2.37. The molecule has 2 aromatic carbocycles. The lowest BCUT2D eigenvalue weighted by Crippen LogP contribution is -2.55. The molecule has 0 saturated carbocycles. The summed E-state index contributed by atoms with van der Waals surface area (Å²) in [5, 5.41) is 22.6. The molecule has 0 bridgehead atoms. The van der Waals surface area contributed by atoms with Crippen molar-refractivity contribution in [2.24, 2.45) is 0 Å². The third-order valence-electron chi connectivity index (χ3n) is 5.62. The largest absolute Gasteiger partial charge is 0.508 e. The lowest BCUT2D eigenvalue weighted by atomic mass is 10.1. The molecule has 0 radical (unpaired) electrons. The summed E-state index contributed by atoms with van der Waals surface area (Å²) in [5.41, 5.74) is 2.80. The molecule has 168 valence electrons. The Bertz CT molecular complexity index is 1110. The van der Waals surface area contributed by atoms with Crippen LogP contribution in [0, 0.1) is 6.92 Å². The number of likely N-dealkylation sites (tertiary alicyclic amines) is 1. The van der Waals surface area contributed by atoms with Crippen LogP contribution >= 0.6 is 0 Å². The third-order valence-corrected chi connectivity index (χ3v) is 5.62. The zero-order valence-electron chi connectivity index (χ0n) is 17.4. The number of nitrogens with one attached hydrogen (secondary N) is 1. The molecule has 32 heavy (non-hydrogen) atoms. The Balaban J connectivity index is 1.41. The van der Waals surface area contributed by atoms with E-state index in [4.69, 9.17) is 0 Å². The SMILES string of the molecule is Cc1cc(C(=O)N2Cc3cccc(NC(=O)/C=C/CN4CC(F)(F)C4)c3C2)c(O)cc1O. The molecule has 0 atom stereocenters. The minimum atomic E-state index is -2.64. The summed E-state index contributed by atoms with van der Waals surface area (Å²) in [6, 6.07) is 7.95. The maximum atomic E-state index is 12.9. The lowest BCUT2D eigenvalue weighted by molar-refractivity contribution is -0.125. The highest BCUT2D eigenvalue weighted by atomic mass is 19.3. The Kier molecular flexibility index (Phi) is 5.60. The first-order valence-corrected chi connectivity index (χ1v) is 10.1. The number of nitrogens with zero attached hydrogens (tertiary/aromatic N) is 2. The van der Waals surface area contributed by atoms with Gasteiger partial charge in [-0.15, -0.1) is 0 Å². The summed E-state index contributed by atoms with van der Waals surface area (Å²) in [5.74, 6) is -3.80. The Morgan fingerprint density at radius 1 is 1.16 bits per heavy atom. The van der Waals surface area contributed by atoms with Gasteiger partial charge in [0.1, 0.15) is 11.5 Å². The summed E-state index contributed by atoms with van der Waals surface area (Å²) < 4.78 is 25.7. The van der Waals surface area contributed by atoms with E-state index < -0.39 is 5.92 Å². The van der Waals surface area contributed by atoms with Gasteiger partial charge in [0.25, 0.3) is 11.8 Å². The van der Waals surface area contributed by atoms with Gasteiger partial charge >= 0.3 is 0 Å². The van der Waals surface area contributed by atoms with Crippen LogP contribution in [0.5, 0.6) is 11.5 Å². The van der Waals surface area contributed by atoms with E-state index in [0.29, 0.717) is 17.8 Å². The monoisotopic (exact) mass is 443 g/mol. The number of aryl methyl sites for hydroxylation is 1. The van der Waals surface area contributed by atoms with Crippen molar-refractivity contribution in [2.75, 3.05) is 25.0 Å². The Hall–Kier alpha value is -3.46. The molecule has 0 unspecified atom stereocenters. The normalized spacial score (nSPS) is 17.3. The predicted octanol–water partition coefficient (Wildman–Crippen LogP) is 3.01. The van der Waals surface area contributed by atoms with Crippen LogP contribution in [0.4, 0.5) is 14.5 Å². The van der Waals surface area contributed by atoms with Crippen molar-refractivity contribution in [3.05, 3.63) is 64.7 Å². The Morgan fingerprint density at radius 2 is 1.91 bits per heavy atom.